The SMILES string of the molecule is CC1=C(C#N)C(=O)N(CC2CCCO2)C(=O)/C1=C/c1ccc(OCc2ccc(F)cc2)cc1. The molecule has 6 nitrogen and oxygen atoms in total. The first-order valence-electron chi connectivity index (χ1n) is 10.7. The molecule has 4 rings (SSSR count). The first-order chi connectivity index (χ1) is 16.0. The van der Waals surface area contributed by atoms with E-state index in [0.29, 0.717) is 30.1 Å². The summed E-state index contributed by atoms with van der Waals surface area (Å²) in [5, 5.41) is 9.52. The number of imide groups is 1. The van der Waals surface area contributed by atoms with E-state index in [9.17, 15) is 19.2 Å². The number of hydrogen-bond donors (Lipinski definition) is 0. The Morgan fingerprint density at radius 2 is 1.88 bits per heavy atom. The number of nitrogens with zero attached hydrogens (tertiary/aromatic N) is 2. The third-order valence-corrected chi connectivity index (χ3v) is 5.75. The molecule has 0 radical (unpaired) electrons. The predicted octanol–water partition coefficient (Wildman–Crippen LogP) is 4.18. The summed E-state index contributed by atoms with van der Waals surface area (Å²) in [4.78, 5) is 27.0. The van der Waals surface area contributed by atoms with Gasteiger partial charge >= 0.3 is 0 Å². The van der Waals surface area contributed by atoms with Crippen LogP contribution in [0.5, 0.6) is 5.75 Å². The monoisotopic (exact) mass is 446 g/mol. The maximum Gasteiger partial charge on any atom is 0.271 e. The summed E-state index contributed by atoms with van der Waals surface area (Å²) in [5.41, 5.74) is 2.22. The first kappa shape index (κ1) is 22.4. The maximum atomic E-state index is 13.1. The molecule has 0 aliphatic carbocycles. The zero-order valence-electron chi connectivity index (χ0n) is 18.2. The van der Waals surface area contributed by atoms with Crippen molar-refractivity contribution in [2.24, 2.45) is 0 Å². The molecule has 0 aromatic heterocycles. The Kier molecular flexibility index (Phi) is 6.66. The molecule has 2 aromatic carbocycles. The lowest BCUT2D eigenvalue weighted by atomic mass is 9.93. The minimum Gasteiger partial charge on any atom is -0.489 e. The van der Waals surface area contributed by atoms with E-state index >= 15 is 0 Å². The molecule has 168 valence electrons. The number of amides is 2. The van der Waals surface area contributed by atoms with E-state index in [0.717, 1.165) is 28.9 Å². The van der Waals surface area contributed by atoms with Crippen LogP contribution in [-0.2, 0) is 20.9 Å². The summed E-state index contributed by atoms with van der Waals surface area (Å²) >= 11 is 0. The summed E-state index contributed by atoms with van der Waals surface area (Å²) in [7, 11) is 0. The van der Waals surface area contributed by atoms with Crippen LogP contribution in [0.3, 0.4) is 0 Å². The molecule has 2 heterocycles. The lowest BCUT2D eigenvalue weighted by Crippen LogP contribution is -2.46. The van der Waals surface area contributed by atoms with E-state index in [1.807, 2.05) is 6.07 Å². The van der Waals surface area contributed by atoms with Crippen LogP contribution in [0.25, 0.3) is 6.08 Å². The highest BCUT2D eigenvalue weighted by molar-refractivity contribution is 6.19. The van der Waals surface area contributed by atoms with Crippen molar-refractivity contribution in [3.05, 3.63) is 82.2 Å². The molecule has 1 atom stereocenters. The van der Waals surface area contributed by atoms with Gasteiger partial charge in [0.2, 0.25) is 0 Å². The summed E-state index contributed by atoms with van der Waals surface area (Å²) in [6, 6.07) is 15.2. The zero-order chi connectivity index (χ0) is 23.4. The molecule has 0 saturated carbocycles. The molecule has 33 heavy (non-hydrogen) atoms. The third kappa shape index (κ3) is 5.02. The fourth-order valence-corrected chi connectivity index (χ4v) is 3.86. The number of rotatable bonds is 6. The van der Waals surface area contributed by atoms with Crippen LogP contribution in [0, 0.1) is 17.1 Å². The Morgan fingerprint density at radius 1 is 1.15 bits per heavy atom. The van der Waals surface area contributed by atoms with Crippen molar-refractivity contribution in [3.63, 3.8) is 0 Å². The number of carbonyl (C=O) groups excluding carboxylic acids is 2. The van der Waals surface area contributed by atoms with Crippen LogP contribution in [0.2, 0.25) is 0 Å². The lowest BCUT2D eigenvalue weighted by molar-refractivity contribution is -0.142. The molecular formula is C26H23FN2O4. The topological polar surface area (TPSA) is 79.6 Å². The largest absolute Gasteiger partial charge is 0.489 e. The Hall–Kier alpha value is -3.76. The highest BCUT2D eigenvalue weighted by atomic mass is 19.1. The van der Waals surface area contributed by atoms with Crippen molar-refractivity contribution in [1.82, 2.24) is 4.90 Å². The Morgan fingerprint density at radius 3 is 2.52 bits per heavy atom. The Labute approximate surface area is 191 Å². The summed E-state index contributed by atoms with van der Waals surface area (Å²) in [5.74, 6) is -0.675. The van der Waals surface area contributed by atoms with Gasteiger partial charge in [0.15, 0.2) is 0 Å². The average Bonchev–Trinajstić information content (AvgIpc) is 3.34. The van der Waals surface area contributed by atoms with Gasteiger partial charge in [0.25, 0.3) is 11.8 Å². The van der Waals surface area contributed by atoms with E-state index in [1.165, 1.54) is 12.1 Å². The van der Waals surface area contributed by atoms with Gasteiger partial charge < -0.3 is 9.47 Å². The fraction of sp³-hybridized carbons (Fsp3) is 0.269. The van der Waals surface area contributed by atoms with E-state index in [-0.39, 0.29) is 24.0 Å². The van der Waals surface area contributed by atoms with E-state index in [2.05, 4.69) is 0 Å². The molecule has 0 spiro atoms. The van der Waals surface area contributed by atoms with Gasteiger partial charge in [-0.05, 0) is 66.8 Å². The Balaban J connectivity index is 1.52. The molecule has 0 N–H and O–H groups in total. The number of hydrogen-bond acceptors (Lipinski definition) is 5. The standard InChI is InChI=1S/C26H23FN2O4/c1-17-23(25(30)29(26(31)24(17)14-28)15-22-3-2-12-32-22)13-18-6-10-21(11-7-18)33-16-19-4-8-20(27)9-5-19/h4-11,13,22H,2-3,12,15-16H2,1H3/b23-13+. The highest BCUT2D eigenvalue weighted by Gasteiger charge is 2.37. The molecule has 2 amide bonds. The summed E-state index contributed by atoms with van der Waals surface area (Å²) < 4.78 is 24.3. The molecule has 1 saturated heterocycles. The third-order valence-electron chi connectivity index (χ3n) is 5.75. The number of ether oxygens (including phenoxy) is 2. The van der Waals surface area contributed by atoms with Crippen molar-refractivity contribution in [1.29, 1.82) is 5.26 Å². The number of nitriles is 1. The van der Waals surface area contributed by atoms with Gasteiger partial charge in [0.1, 0.15) is 29.8 Å². The van der Waals surface area contributed by atoms with Crippen LogP contribution in [0.15, 0.2) is 65.3 Å². The fourth-order valence-electron chi connectivity index (χ4n) is 3.86. The van der Waals surface area contributed by atoms with Gasteiger partial charge in [0, 0.05) is 12.2 Å². The molecule has 2 aliphatic rings. The van der Waals surface area contributed by atoms with Crippen molar-refractivity contribution in [2.45, 2.75) is 32.5 Å². The second kappa shape index (κ2) is 9.80. The molecule has 2 aromatic rings. The molecule has 1 unspecified atom stereocenters. The molecule has 7 heteroatoms. The van der Waals surface area contributed by atoms with Crippen molar-refractivity contribution in [2.75, 3.05) is 13.2 Å². The second-order valence-electron chi connectivity index (χ2n) is 8.01. The van der Waals surface area contributed by atoms with E-state index < -0.39 is 11.8 Å². The molecule has 1 fully saturated rings. The predicted molar refractivity (Wildman–Crippen MR) is 119 cm³/mol. The minimum absolute atomic E-state index is 0.0295. The van der Waals surface area contributed by atoms with E-state index in [4.69, 9.17) is 9.47 Å². The van der Waals surface area contributed by atoms with Crippen LogP contribution in [0.1, 0.15) is 30.9 Å². The Bertz CT molecular complexity index is 1150. The first-order valence-corrected chi connectivity index (χ1v) is 10.7. The highest BCUT2D eigenvalue weighted by Crippen LogP contribution is 2.28. The van der Waals surface area contributed by atoms with Gasteiger partial charge in [-0.15, -0.1) is 0 Å². The smallest absolute Gasteiger partial charge is 0.271 e. The van der Waals surface area contributed by atoms with Crippen molar-refractivity contribution < 1.29 is 23.5 Å². The number of benzene rings is 2. The van der Waals surface area contributed by atoms with Gasteiger partial charge in [0.05, 0.1) is 12.6 Å². The van der Waals surface area contributed by atoms with E-state index in [1.54, 1.807) is 49.4 Å². The van der Waals surface area contributed by atoms with Gasteiger partial charge in [-0.3, -0.25) is 14.5 Å². The van der Waals surface area contributed by atoms with Crippen LogP contribution >= 0.6 is 0 Å². The van der Waals surface area contributed by atoms with Crippen LogP contribution < -0.4 is 4.74 Å². The van der Waals surface area contributed by atoms with Crippen molar-refractivity contribution >= 4 is 17.9 Å². The average molecular weight is 446 g/mol. The maximum absolute atomic E-state index is 13.1. The molecule has 0 bridgehead atoms. The molecule has 2 aliphatic heterocycles. The zero-order valence-corrected chi connectivity index (χ0v) is 18.2. The lowest BCUT2D eigenvalue weighted by Gasteiger charge is -2.29. The van der Waals surface area contributed by atoms with Gasteiger partial charge in [-0.25, -0.2) is 4.39 Å². The van der Waals surface area contributed by atoms with Crippen LogP contribution in [0.4, 0.5) is 4.39 Å². The van der Waals surface area contributed by atoms with Crippen LogP contribution in [-0.4, -0.2) is 36.0 Å². The van der Waals surface area contributed by atoms with Gasteiger partial charge in [-0.2, -0.15) is 5.26 Å². The number of halogens is 1. The number of carbonyl (C=O) groups is 2. The van der Waals surface area contributed by atoms with Crippen molar-refractivity contribution in [3.8, 4) is 11.8 Å². The van der Waals surface area contributed by atoms with Gasteiger partial charge in [-0.1, -0.05) is 24.3 Å². The second-order valence-corrected chi connectivity index (χ2v) is 8.01. The summed E-state index contributed by atoms with van der Waals surface area (Å²) in [6.45, 7) is 2.67. The normalized spacial score (nSPS) is 19.8. The quantitative estimate of drug-likeness (QED) is 0.491. The molecular weight excluding hydrogens is 423 g/mol. The summed E-state index contributed by atoms with van der Waals surface area (Å²) in [6.07, 6.45) is 3.14. The minimum atomic E-state index is -0.572.